The first-order valence-corrected chi connectivity index (χ1v) is 7.97. The minimum atomic E-state index is -0.530. The molecule has 1 fully saturated rings. The third kappa shape index (κ3) is 3.13. The van der Waals surface area contributed by atoms with Crippen molar-refractivity contribution >= 4 is 16.9 Å². The predicted octanol–water partition coefficient (Wildman–Crippen LogP) is 2.76. The van der Waals surface area contributed by atoms with Gasteiger partial charge in [-0.05, 0) is 31.0 Å². The number of carbonyl (C=O) groups is 1. The molecule has 4 rings (SSSR count). The van der Waals surface area contributed by atoms with Gasteiger partial charge >= 0.3 is 11.6 Å². The van der Waals surface area contributed by atoms with Crippen molar-refractivity contribution in [1.29, 1.82) is 0 Å². The summed E-state index contributed by atoms with van der Waals surface area (Å²) >= 11 is 0. The van der Waals surface area contributed by atoms with E-state index in [9.17, 15) is 9.59 Å². The van der Waals surface area contributed by atoms with Crippen molar-refractivity contribution < 1.29 is 18.7 Å². The van der Waals surface area contributed by atoms with Gasteiger partial charge in [-0.2, -0.15) is 5.10 Å². The van der Waals surface area contributed by atoms with E-state index in [0.29, 0.717) is 28.2 Å². The lowest BCUT2D eigenvalue weighted by Crippen LogP contribution is -2.08. The highest BCUT2D eigenvalue weighted by Crippen LogP contribution is 2.39. The number of aromatic nitrogens is 2. The zero-order valence-corrected chi connectivity index (χ0v) is 13.6. The average Bonchev–Trinajstić information content (AvgIpc) is 3.35. The summed E-state index contributed by atoms with van der Waals surface area (Å²) in [6, 6.07) is 8.19. The number of methoxy groups -OCH3 is 1. The summed E-state index contributed by atoms with van der Waals surface area (Å²) in [4.78, 5) is 23.9. The number of nitrogens with zero attached hydrogens (tertiary/aromatic N) is 1. The van der Waals surface area contributed by atoms with Crippen LogP contribution in [0, 0.1) is 0 Å². The van der Waals surface area contributed by atoms with E-state index < -0.39 is 11.6 Å². The van der Waals surface area contributed by atoms with Gasteiger partial charge in [-0.15, -0.1) is 0 Å². The Labute approximate surface area is 142 Å². The van der Waals surface area contributed by atoms with Crippen LogP contribution in [0.25, 0.3) is 11.0 Å². The Morgan fingerprint density at radius 2 is 2.16 bits per heavy atom. The van der Waals surface area contributed by atoms with Gasteiger partial charge in [0.1, 0.15) is 17.9 Å². The highest BCUT2D eigenvalue weighted by molar-refractivity contribution is 5.88. The third-order valence-electron chi connectivity index (χ3n) is 4.22. The van der Waals surface area contributed by atoms with Gasteiger partial charge in [0.15, 0.2) is 5.69 Å². The van der Waals surface area contributed by atoms with E-state index in [-0.39, 0.29) is 12.3 Å². The number of fused-ring (bicyclic) bond motifs is 1. The molecular weight excluding hydrogens is 324 g/mol. The average molecular weight is 340 g/mol. The Hall–Kier alpha value is -3.09. The van der Waals surface area contributed by atoms with E-state index in [1.165, 1.54) is 13.2 Å². The Balaban J connectivity index is 1.55. The van der Waals surface area contributed by atoms with Gasteiger partial charge in [0.25, 0.3) is 0 Å². The number of nitrogens with one attached hydrogen (secondary N) is 1. The summed E-state index contributed by atoms with van der Waals surface area (Å²) in [6.07, 6.45) is 2.23. The fourth-order valence-electron chi connectivity index (χ4n) is 2.72. The zero-order valence-electron chi connectivity index (χ0n) is 13.6. The van der Waals surface area contributed by atoms with E-state index in [4.69, 9.17) is 13.9 Å². The maximum atomic E-state index is 12.2. The van der Waals surface area contributed by atoms with Crippen LogP contribution in [0.1, 0.15) is 40.5 Å². The van der Waals surface area contributed by atoms with Crippen molar-refractivity contribution in [2.24, 2.45) is 0 Å². The van der Waals surface area contributed by atoms with E-state index in [2.05, 4.69) is 10.2 Å². The van der Waals surface area contributed by atoms with Crippen LogP contribution in [0.2, 0.25) is 0 Å². The Bertz CT molecular complexity index is 1000. The molecule has 0 radical (unpaired) electrons. The summed E-state index contributed by atoms with van der Waals surface area (Å²) < 4.78 is 15.6. The minimum absolute atomic E-state index is 0.0428. The number of hydrogen-bond donors (Lipinski definition) is 1. The molecule has 3 aromatic rings. The minimum Gasteiger partial charge on any atom is -0.497 e. The van der Waals surface area contributed by atoms with Gasteiger partial charge in [0.05, 0.1) is 7.11 Å². The van der Waals surface area contributed by atoms with Gasteiger partial charge in [-0.25, -0.2) is 9.59 Å². The van der Waals surface area contributed by atoms with E-state index in [1.807, 2.05) is 0 Å². The van der Waals surface area contributed by atoms with E-state index >= 15 is 0 Å². The Morgan fingerprint density at radius 1 is 1.32 bits per heavy atom. The molecule has 1 saturated carbocycles. The maximum Gasteiger partial charge on any atom is 0.359 e. The molecule has 1 aliphatic carbocycles. The summed E-state index contributed by atoms with van der Waals surface area (Å²) in [6.45, 7) is -0.0428. The number of esters is 1. The summed E-state index contributed by atoms with van der Waals surface area (Å²) in [5.41, 5.74) is 1.65. The van der Waals surface area contributed by atoms with Crippen LogP contribution < -0.4 is 10.4 Å². The van der Waals surface area contributed by atoms with Gasteiger partial charge < -0.3 is 13.9 Å². The number of H-pyrrole nitrogens is 1. The second-order valence-electron chi connectivity index (χ2n) is 6.01. The largest absolute Gasteiger partial charge is 0.497 e. The van der Waals surface area contributed by atoms with Crippen molar-refractivity contribution in [3.63, 3.8) is 0 Å². The first-order valence-electron chi connectivity index (χ1n) is 7.97. The summed E-state index contributed by atoms with van der Waals surface area (Å²) in [7, 11) is 1.53. The Kier molecular flexibility index (Phi) is 3.76. The standard InChI is InChI=1S/C18H16N2O5/c1-23-12-4-5-13-11(6-17(21)25-16(13)7-12)9-24-18(22)15-8-14(19-20-15)10-2-3-10/h4-8,10H,2-3,9H2,1H3,(H,19,20). The molecule has 1 aromatic carbocycles. The molecule has 2 heterocycles. The number of hydrogen-bond acceptors (Lipinski definition) is 6. The van der Waals surface area contributed by atoms with Gasteiger partial charge in [0.2, 0.25) is 0 Å². The molecule has 0 aliphatic heterocycles. The molecule has 0 spiro atoms. The molecular formula is C18H16N2O5. The van der Waals surface area contributed by atoms with Crippen LogP contribution in [0.3, 0.4) is 0 Å². The fraction of sp³-hybridized carbons (Fsp3) is 0.278. The molecule has 1 aliphatic rings. The van der Waals surface area contributed by atoms with Crippen molar-refractivity contribution in [2.75, 3.05) is 7.11 Å². The van der Waals surface area contributed by atoms with E-state index in [1.54, 1.807) is 24.3 Å². The molecule has 25 heavy (non-hydrogen) atoms. The number of ether oxygens (including phenoxy) is 2. The lowest BCUT2D eigenvalue weighted by atomic mass is 10.1. The maximum absolute atomic E-state index is 12.2. The van der Waals surface area contributed by atoms with Crippen LogP contribution >= 0.6 is 0 Å². The van der Waals surface area contributed by atoms with Gasteiger partial charge in [-0.1, -0.05) is 0 Å². The monoisotopic (exact) mass is 340 g/mol. The second kappa shape index (κ2) is 6.08. The molecule has 1 N–H and O–H groups in total. The molecule has 7 nitrogen and oxygen atoms in total. The number of benzene rings is 1. The molecule has 0 atom stereocenters. The second-order valence-corrected chi connectivity index (χ2v) is 6.01. The molecule has 2 aromatic heterocycles. The smallest absolute Gasteiger partial charge is 0.359 e. The van der Waals surface area contributed by atoms with Crippen LogP contribution in [-0.2, 0) is 11.3 Å². The Morgan fingerprint density at radius 3 is 2.92 bits per heavy atom. The highest BCUT2D eigenvalue weighted by Gasteiger charge is 2.26. The lowest BCUT2D eigenvalue weighted by Gasteiger charge is -2.07. The normalized spacial score (nSPS) is 13.8. The zero-order chi connectivity index (χ0) is 17.4. The molecule has 0 amide bonds. The number of carbonyl (C=O) groups excluding carboxylic acids is 1. The summed E-state index contributed by atoms with van der Waals surface area (Å²) in [5, 5.41) is 7.55. The molecule has 0 unspecified atom stereocenters. The molecule has 0 bridgehead atoms. The lowest BCUT2D eigenvalue weighted by molar-refractivity contribution is 0.0467. The van der Waals surface area contributed by atoms with Crippen molar-refractivity contribution in [2.45, 2.75) is 25.4 Å². The molecule has 128 valence electrons. The quantitative estimate of drug-likeness (QED) is 0.567. The topological polar surface area (TPSA) is 94.4 Å². The highest BCUT2D eigenvalue weighted by atomic mass is 16.5. The first-order chi connectivity index (χ1) is 12.1. The predicted molar refractivity (Wildman–Crippen MR) is 88.7 cm³/mol. The number of aromatic amines is 1. The summed E-state index contributed by atoms with van der Waals surface area (Å²) in [5.74, 6) is 0.527. The first kappa shape index (κ1) is 15.4. The van der Waals surface area contributed by atoms with Crippen molar-refractivity contribution in [1.82, 2.24) is 10.2 Å². The van der Waals surface area contributed by atoms with Crippen LogP contribution in [0.5, 0.6) is 5.75 Å². The van der Waals surface area contributed by atoms with Crippen LogP contribution in [0.4, 0.5) is 0 Å². The van der Waals surface area contributed by atoms with Crippen molar-refractivity contribution in [3.8, 4) is 5.75 Å². The van der Waals surface area contributed by atoms with E-state index in [0.717, 1.165) is 18.5 Å². The van der Waals surface area contributed by atoms with Crippen LogP contribution in [-0.4, -0.2) is 23.3 Å². The fourth-order valence-corrected chi connectivity index (χ4v) is 2.72. The SMILES string of the molecule is COc1ccc2c(COC(=O)c3cc(C4CC4)[nH]n3)cc(=O)oc2c1. The third-order valence-corrected chi connectivity index (χ3v) is 4.22. The number of rotatable bonds is 5. The molecule has 7 heteroatoms. The van der Waals surface area contributed by atoms with Crippen molar-refractivity contribution in [3.05, 3.63) is 57.7 Å². The van der Waals surface area contributed by atoms with Crippen LogP contribution in [0.15, 0.2) is 39.5 Å². The van der Waals surface area contributed by atoms with Gasteiger partial charge in [0, 0.05) is 34.7 Å². The van der Waals surface area contributed by atoms with Gasteiger partial charge in [-0.3, -0.25) is 5.10 Å². The molecule has 0 saturated heterocycles.